The third-order valence-electron chi connectivity index (χ3n) is 4.91. The molecule has 0 fully saturated rings. The average Bonchev–Trinajstić information content (AvgIpc) is 3.43. The molecule has 0 spiro atoms. The smallest absolute Gasteiger partial charge is 0.113 e. The highest BCUT2D eigenvalue weighted by atomic mass is 79.9. The predicted octanol–water partition coefficient (Wildman–Crippen LogP) is 6.41. The monoisotopic (exact) mass is 493 g/mol. The van der Waals surface area contributed by atoms with Crippen LogP contribution < -0.4 is 0 Å². The summed E-state index contributed by atoms with van der Waals surface area (Å²) in [6, 6.07) is 22.2. The number of fused-ring (bicyclic) bond motifs is 1. The molecule has 156 valence electrons. The number of aryl methyl sites for hydroxylation is 1. The first kappa shape index (κ1) is 21.3. The van der Waals surface area contributed by atoms with Crippen LogP contribution in [0.2, 0.25) is 5.02 Å². The van der Waals surface area contributed by atoms with Gasteiger partial charge >= 0.3 is 0 Å². The molecule has 0 unspecified atom stereocenters. The van der Waals surface area contributed by atoms with Crippen LogP contribution in [0.15, 0.2) is 79.1 Å². The Hall–Kier alpha value is -2.96. The second-order valence-corrected chi connectivity index (χ2v) is 8.16. The van der Waals surface area contributed by atoms with Crippen molar-refractivity contribution in [3.63, 3.8) is 0 Å². The molecule has 0 amide bonds. The number of hydrogen-bond donors (Lipinski definition) is 1. The molecule has 0 aliphatic heterocycles. The van der Waals surface area contributed by atoms with Crippen molar-refractivity contribution in [1.82, 2.24) is 25.2 Å². The number of aromatic amines is 1. The first-order valence-corrected chi connectivity index (χ1v) is 11.3. The lowest BCUT2D eigenvalue weighted by molar-refractivity contribution is 0.650. The molecule has 0 saturated heterocycles. The minimum absolute atomic E-state index is 0.640. The van der Waals surface area contributed by atoms with Crippen LogP contribution in [0.1, 0.15) is 16.7 Å². The average molecular weight is 495 g/mol. The predicted molar refractivity (Wildman–Crippen MR) is 129 cm³/mol. The van der Waals surface area contributed by atoms with E-state index in [0.29, 0.717) is 6.54 Å². The summed E-state index contributed by atoms with van der Waals surface area (Å²) in [5, 5.41) is 18.1. The second-order valence-electron chi connectivity index (χ2n) is 7.16. The molecule has 0 aliphatic rings. The van der Waals surface area contributed by atoms with E-state index in [-0.39, 0.29) is 0 Å². The van der Waals surface area contributed by atoms with Gasteiger partial charge in [-0.15, -0.1) is 5.10 Å². The molecule has 7 heteroatoms. The van der Waals surface area contributed by atoms with E-state index in [0.717, 1.165) is 38.1 Å². The number of alkyl halides is 1. The van der Waals surface area contributed by atoms with Crippen LogP contribution in [0.5, 0.6) is 0 Å². The molecule has 0 atom stereocenters. The zero-order valence-electron chi connectivity index (χ0n) is 17.0. The molecular weight excluding hydrogens is 474 g/mol. The molecule has 0 radical (unpaired) electrons. The van der Waals surface area contributed by atoms with Crippen LogP contribution in [0.3, 0.4) is 0 Å². The number of hydrogen-bond acceptors (Lipinski definition) is 3. The van der Waals surface area contributed by atoms with E-state index < -0.39 is 0 Å². The molecule has 5 rings (SSSR count). The Morgan fingerprint density at radius 1 is 1.03 bits per heavy atom. The summed E-state index contributed by atoms with van der Waals surface area (Å²) in [4.78, 5) is 0. The van der Waals surface area contributed by atoms with Crippen molar-refractivity contribution < 1.29 is 0 Å². The molecule has 3 aromatic carbocycles. The summed E-state index contributed by atoms with van der Waals surface area (Å²) in [6.45, 7) is 2.76. The van der Waals surface area contributed by atoms with E-state index in [1.54, 1.807) is 10.9 Å². The summed E-state index contributed by atoms with van der Waals surface area (Å²) in [5.74, 6) is 0. The second kappa shape index (κ2) is 9.90. The number of benzene rings is 3. The maximum Gasteiger partial charge on any atom is 0.113 e. The minimum Gasteiger partial charge on any atom is -0.278 e. The van der Waals surface area contributed by atoms with Crippen molar-refractivity contribution in [3.05, 3.63) is 101 Å². The highest BCUT2D eigenvalue weighted by Crippen LogP contribution is 2.21. The summed E-state index contributed by atoms with van der Waals surface area (Å²) >= 11 is 9.41. The maximum atomic E-state index is 6.00. The molecular formula is C24H21BrClN5. The molecule has 5 aromatic rings. The first-order chi connectivity index (χ1) is 15.1. The Morgan fingerprint density at radius 3 is 2.68 bits per heavy atom. The van der Waals surface area contributed by atoms with Gasteiger partial charge in [-0.1, -0.05) is 75.2 Å². The van der Waals surface area contributed by atoms with Gasteiger partial charge in [-0.2, -0.15) is 5.10 Å². The lowest BCUT2D eigenvalue weighted by Gasteiger charge is -2.01. The maximum absolute atomic E-state index is 6.00. The van der Waals surface area contributed by atoms with Gasteiger partial charge in [-0.3, -0.25) is 5.10 Å². The summed E-state index contributed by atoms with van der Waals surface area (Å²) in [7, 11) is 0. The van der Waals surface area contributed by atoms with E-state index in [2.05, 4.69) is 67.6 Å². The fourth-order valence-corrected chi connectivity index (χ4v) is 4.03. The Balaban J connectivity index is 0.000000217. The molecule has 31 heavy (non-hydrogen) atoms. The van der Waals surface area contributed by atoms with E-state index in [1.165, 1.54) is 11.1 Å². The number of rotatable bonds is 4. The Kier molecular flexibility index (Phi) is 6.79. The number of nitrogens with one attached hydrogen (secondary N) is 1. The van der Waals surface area contributed by atoms with Crippen molar-refractivity contribution in [1.29, 1.82) is 0 Å². The van der Waals surface area contributed by atoms with Gasteiger partial charge in [0.1, 0.15) is 5.69 Å². The van der Waals surface area contributed by atoms with Gasteiger partial charge in [0, 0.05) is 21.3 Å². The molecule has 2 aromatic heterocycles. The minimum atomic E-state index is 0.640. The lowest BCUT2D eigenvalue weighted by Crippen LogP contribution is -2.00. The van der Waals surface area contributed by atoms with Crippen LogP contribution >= 0.6 is 27.5 Å². The quantitative estimate of drug-likeness (QED) is 0.294. The number of nitrogens with zero attached hydrogens (tertiary/aromatic N) is 4. The third-order valence-corrected chi connectivity index (χ3v) is 5.75. The van der Waals surface area contributed by atoms with Gasteiger partial charge in [0.15, 0.2) is 0 Å². The molecule has 2 heterocycles. The number of H-pyrrole nitrogens is 1. The van der Waals surface area contributed by atoms with Crippen LogP contribution in [0.4, 0.5) is 0 Å². The Labute approximate surface area is 194 Å². The fourth-order valence-electron chi connectivity index (χ4n) is 3.19. The zero-order chi connectivity index (χ0) is 21.6. The van der Waals surface area contributed by atoms with Gasteiger partial charge in [0.2, 0.25) is 0 Å². The molecule has 5 nitrogen and oxygen atoms in total. The Morgan fingerprint density at radius 2 is 1.90 bits per heavy atom. The van der Waals surface area contributed by atoms with E-state index in [9.17, 15) is 0 Å². The molecule has 0 aliphatic carbocycles. The first-order valence-electron chi connectivity index (χ1n) is 9.81. The SMILES string of the molecule is Cc1ccccc1CBr.Clc1cccc(Cn2cc(-c3ccc4[nH]ncc4c3)nn2)c1. The standard InChI is InChI=1S/C16H12ClN5.C8H9Br/c17-14-3-1-2-11(6-14)9-22-10-16(20-21-22)12-4-5-15-13(7-12)8-18-19-15;1-7-4-2-3-5-8(7)6-9/h1-8,10H,9H2,(H,18,19);2-5H,6H2,1H3. The van der Waals surface area contributed by atoms with E-state index in [4.69, 9.17) is 11.6 Å². The van der Waals surface area contributed by atoms with Gasteiger partial charge in [0.25, 0.3) is 0 Å². The Bertz CT molecular complexity index is 1290. The normalized spacial score (nSPS) is 10.7. The van der Waals surface area contributed by atoms with Gasteiger partial charge in [0.05, 0.1) is 24.5 Å². The fraction of sp³-hybridized carbons (Fsp3) is 0.125. The molecule has 0 bridgehead atoms. The van der Waals surface area contributed by atoms with Crippen molar-refractivity contribution in [2.45, 2.75) is 18.8 Å². The largest absolute Gasteiger partial charge is 0.278 e. The highest BCUT2D eigenvalue weighted by molar-refractivity contribution is 9.08. The number of halogens is 2. The van der Waals surface area contributed by atoms with E-state index in [1.807, 2.05) is 48.7 Å². The van der Waals surface area contributed by atoms with Gasteiger partial charge in [-0.05, 0) is 47.9 Å². The van der Waals surface area contributed by atoms with Gasteiger partial charge in [-0.25, -0.2) is 4.68 Å². The highest BCUT2D eigenvalue weighted by Gasteiger charge is 2.06. The van der Waals surface area contributed by atoms with Crippen LogP contribution in [-0.4, -0.2) is 25.2 Å². The molecule has 0 saturated carbocycles. The van der Waals surface area contributed by atoms with Crippen molar-refractivity contribution in [3.8, 4) is 11.3 Å². The van der Waals surface area contributed by atoms with Crippen molar-refractivity contribution in [2.24, 2.45) is 0 Å². The topological polar surface area (TPSA) is 59.4 Å². The summed E-state index contributed by atoms with van der Waals surface area (Å²) in [5.41, 5.74) is 6.69. The van der Waals surface area contributed by atoms with Crippen molar-refractivity contribution >= 4 is 38.4 Å². The third kappa shape index (κ3) is 5.40. The van der Waals surface area contributed by atoms with Crippen LogP contribution in [0, 0.1) is 6.92 Å². The zero-order valence-corrected chi connectivity index (χ0v) is 19.3. The van der Waals surface area contributed by atoms with Gasteiger partial charge < -0.3 is 0 Å². The van der Waals surface area contributed by atoms with E-state index >= 15 is 0 Å². The number of aromatic nitrogens is 5. The van der Waals surface area contributed by atoms with Crippen molar-refractivity contribution in [2.75, 3.05) is 0 Å². The molecule has 1 N–H and O–H groups in total. The lowest BCUT2D eigenvalue weighted by atomic mass is 10.1. The van der Waals surface area contributed by atoms with Crippen LogP contribution in [0.25, 0.3) is 22.2 Å². The summed E-state index contributed by atoms with van der Waals surface area (Å²) in [6.07, 6.45) is 3.73. The van der Waals surface area contributed by atoms with Crippen LogP contribution in [-0.2, 0) is 11.9 Å². The summed E-state index contributed by atoms with van der Waals surface area (Å²) < 4.78 is 1.81.